The molecule has 18 heavy (non-hydrogen) atoms. The number of nitrogens with zero attached hydrogens (tertiary/aromatic N) is 2. The van der Waals surface area contributed by atoms with Gasteiger partial charge in [-0.15, -0.1) is 0 Å². The summed E-state index contributed by atoms with van der Waals surface area (Å²) >= 11 is 0. The maximum Gasteiger partial charge on any atom is 0.0991 e. The molecule has 94 valence electrons. The van der Waals surface area contributed by atoms with Gasteiger partial charge in [0.15, 0.2) is 0 Å². The van der Waals surface area contributed by atoms with Crippen LogP contribution in [0.3, 0.4) is 0 Å². The zero-order valence-electron chi connectivity index (χ0n) is 10.5. The van der Waals surface area contributed by atoms with E-state index in [9.17, 15) is 0 Å². The highest BCUT2D eigenvalue weighted by molar-refractivity contribution is 5.35. The van der Waals surface area contributed by atoms with Gasteiger partial charge in [-0.25, -0.2) is 0 Å². The van der Waals surface area contributed by atoms with Crippen LogP contribution in [-0.2, 0) is 0 Å². The minimum Gasteiger partial charge on any atom is -0.326 e. The first-order chi connectivity index (χ1) is 8.79. The molecule has 2 N–H and O–H groups in total. The molecule has 0 bridgehead atoms. The standard InChI is InChI=1S/C15H19N3/c16-10-11-3-1-4-12(9-11)15-14(17)5-2-8-18(15)13-6-7-13/h1,3-4,9,13-15H,2,5-8,17H2. The predicted octanol–water partition coefficient (Wildman–Crippen LogP) is 2.18. The highest BCUT2D eigenvalue weighted by Gasteiger charge is 2.39. The third-order valence-corrected chi connectivity index (χ3v) is 4.09. The minimum atomic E-state index is 0.202. The minimum absolute atomic E-state index is 0.202. The number of benzene rings is 1. The summed E-state index contributed by atoms with van der Waals surface area (Å²) in [5.41, 5.74) is 8.29. The van der Waals surface area contributed by atoms with Crippen molar-refractivity contribution in [2.75, 3.05) is 6.54 Å². The van der Waals surface area contributed by atoms with Crippen LogP contribution in [0.5, 0.6) is 0 Å². The number of nitrogens with two attached hydrogens (primary N) is 1. The van der Waals surface area contributed by atoms with E-state index in [2.05, 4.69) is 17.0 Å². The summed E-state index contributed by atoms with van der Waals surface area (Å²) in [5, 5.41) is 9.02. The second-order valence-corrected chi connectivity index (χ2v) is 5.46. The quantitative estimate of drug-likeness (QED) is 0.863. The van der Waals surface area contributed by atoms with E-state index in [0.29, 0.717) is 6.04 Å². The van der Waals surface area contributed by atoms with E-state index < -0.39 is 0 Å². The maximum absolute atomic E-state index is 9.02. The monoisotopic (exact) mass is 241 g/mol. The number of likely N-dealkylation sites (tertiary alicyclic amines) is 1. The number of nitriles is 1. The van der Waals surface area contributed by atoms with E-state index >= 15 is 0 Å². The molecule has 0 amide bonds. The van der Waals surface area contributed by atoms with Gasteiger partial charge in [-0.3, -0.25) is 4.90 Å². The summed E-state index contributed by atoms with van der Waals surface area (Å²) in [6.45, 7) is 1.15. The van der Waals surface area contributed by atoms with Crippen LogP contribution in [0.15, 0.2) is 24.3 Å². The van der Waals surface area contributed by atoms with E-state index in [0.717, 1.165) is 24.6 Å². The Hall–Kier alpha value is -1.37. The fraction of sp³-hybridized carbons (Fsp3) is 0.533. The number of piperidine rings is 1. The normalized spacial score (nSPS) is 28.9. The first-order valence-corrected chi connectivity index (χ1v) is 6.81. The molecule has 0 aromatic heterocycles. The number of rotatable bonds is 2. The summed E-state index contributed by atoms with van der Waals surface area (Å²) in [7, 11) is 0. The molecule has 1 aromatic rings. The molecule has 1 aliphatic carbocycles. The van der Waals surface area contributed by atoms with Crippen molar-refractivity contribution in [3.05, 3.63) is 35.4 Å². The third kappa shape index (κ3) is 2.14. The zero-order chi connectivity index (χ0) is 12.5. The highest BCUT2D eigenvalue weighted by atomic mass is 15.2. The zero-order valence-corrected chi connectivity index (χ0v) is 10.5. The lowest BCUT2D eigenvalue weighted by Crippen LogP contribution is -2.46. The second-order valence-electron chi connectivity index (χ2n) is 5.46. The second kappa shape index (κ2) is 4.72. The summed E-state index contributed by atoms with van der Waals surface area (Å²) in [6, 6.07) is 11.4. The average molecular weight is 241 g/mol. The van der Waals surface area contributed by atoms with Crippen molar-refractivity contribution >= 4 is 0 Å². The first kappa shape index (κ1) is 11.7. The fourth-order valence-electron chi connectivity index (χ4n) is 3.10. The van der Waals surface area contributed by atoms with Gasteiger partial charge in [0.2, 0.25) is 0 Å². The predicted molar refractivity (Wildman–Crippen MR) is 70.8 cm³/mol. The molecule has 2 fully saturated rings. The highest BCUT2D eigenvalue weighted by Crippen LogP contribution is 2.39. The third-order valence-electron chi connectivity index (χ3n) is 4.09. The molecule has 1 saturated carbocycles. The van der Waals surface area contributed by atoms with Crippen molar-refractivity contribution in [3.8, 4) is 6.07 Å². The van der Waals surface area contributed by atoms with E-state index in [1.807, 2.05) is 18.2 Å². The lowest BCUT2D eigenvalue weighted by Gasteiger charge is -2.40. The van der Waals surface area contributed by atoms with Gasteiger partial charge >= 0.3 is 0 Å². The van der Waals surface area contributed by atoms with Crippen LogP contribution in [0, 0.1) is 11.3 Å². The molecular weight excluding hydrogens is 222 g/mol. The van der Waals surface area contributed by atoms with Crippen LogP contribution in [0.1, 0.15) is 42.9 Å². The van der Waals surface area contributed by atoms with Crippen LogP contribution in [-0.4, -0.2) is 23.5 Å². The molecule has 1 aliphatic heterocycles. The van der Waals surface area contributed by atoms with Gasteiger partial charge in [-0.2, -0.15) is 5.26 Å². The van der Waals surface area contributed by atoms with Gasteiger partial charge in [-0.05, 0) is 49.9 Å². The average Bonchev–Trinajstić information content (AvgIpc) is 3.23. The molecule has 3 nitrogen and oxygen atoms in total. The van der Waals surface area contributed by atoms with E-state index in [1.165, 1.54) is 24.8 Å². The molecule has 1 aromatic carbocycles. The van der Waals surface area contributed by atoms with Crippen LogP contribution < -0.4 is 5.73 Å². The molecule has 1 heterocycles. The molecule has 2 unspecified atom stereocenters. The van der Waals surface area contributed by atoms with E-state index in [-0.39, 0.29) is 6.04 Å². The van der Waals surface area contributed by atoms with Crippen molar-refractivity contribution in [1.29, 1.82) is 5.26 Å². The smallest absolute Gasteiger partial charge is 0.0991 e. The summed E-state index contributed by atoms with van der Waals surface area (Å²) < 4.78 is 0. The molecule has 1 saturated heterocycles. The Labute approximate surface area is 108 Å². The number of hydrogen-bond donors (Lipinski definition) is 1. The van der Waals surface area contributed by atoms with Gasteiger partial charge in [0, 0.05) is 12.1 Å². The lowest BCUT2D eigenvalue weighted by molar-refractivity contribution is 0.120. The molecule has 2 aliphatic rings. The van der Waals surface area contributed by atoms with Gasteiger partial charge in [-0.1, -0.05) is 12.1 Å². The molecule has 3 rings (SSSR count). The topological polar surface area (TPSA) is 53.1 Å². The molecule has 2 atom stereocenters. The van der Waals surface area contributed by atoms with Gasteiger partial charge in [0.1, 0.15) is 0 Å². The number of hydrogen-bond acceptors (Lipinski definition) is 3. The summed E-state index contributed by atoms with van der Waals surface area (Å²) in [5.74, 6) is 0. The van der Waals surface area contributed by atoms with Crippen molar-refractivity contribution in [3.63, 3.8) is 0 Å². The van der Waals surface area contributed by atoms with Gasteiger partial charge < -0.3 is 5.73 Å². The SMILES string of the molecule is N#Cc1cccc(C2C(N)CCCN2C2CC2)c1. The Morgan fingerprint density at radius 1 is 1.28 bits per heavy atom. The Morgan fingerprint density at radius 2 is 2.11 bits per heavy atom. The molecule has 3 heteroatoms. The molecular formula is C15H19N3. The Balaban J connectivity index is 1.92. The molecule has 0 radical (unpaired) electrons. The summed E-state index contributed by atoms with van der Waals surface area (Å²) in [6.07, 6.45) is 4.90. The lowest BCUT2D eigenvalue weighted by atomic mass is 9.90. The summed E-state index contributed by atoms with van der Waals surface area (Å²) in [4.78, 5) is 2.56. The van der Waals surface area contributed by atoms with Crippen molar-refractivity contribution in [1.82, 2.24) is 4.90 Å². The first-order valence-electron chi connectivity index (χ1n) is 6.81. The fourth-order valence-corrected chi connectivity index (χ4v) is 3.10. The van der Waals surface area contributed by atoms with Gasteiger partial charge in [0.25, 0.3) is 0 Å². The van der Waals surface area contributed by atoms with E-state index in [1.54, 1.807) is 0 Å². The maximum atomic E-state index is 9.02. The molecule has 0 spiro atoms. The van der Waals surface area contributed by atoms with Crippen molar-refractivity contribution in [2.45, 2.75) is 43.8 Å². The van der Waals surface area contributed by atoms with E-state index in [4.69, 9.17) is 11.0 Å². The van der Waals surface area contributed by atoms with Gasteiger partial charge in [0.05, 0.1) is 17.7 Å². The largest absolute Gasteiger partial charge is 0.326 e. The van der Waals surface area contributed by atoms with Crippen LogP contribution in [0.25, 0.3) is 0 Å². The van der Waals surface area contributed by atoms with Crippen molar-refractivity contribution < 1.29 is 0 Å². The van der Waals surface area contributed by atoms with Crippen LogP contribution in [0.2, 0.25) is 0 Å². The Morgan fingerprint density at radius 3 is 2.83 bits per heavy atom. The van der Waals surface area contributed by atoms with Crippen LogP contribution >= 0.6 is 0 Å². The Bertz CT molecular complexity index is 473. The Kier molecular flexibility index (Phi) is 3.07. The van der Waals surface area contributed by atoms with Crippen LogP contribution in [0.4, 0.5) is 0 Å². The van der Waals surface area contributed by atoms with Crippen molar-refractivity contribution in [2.24, 2.45) is 5.73 Å².